The number of hydrogen-bond donors (Lipinski definition) is 1. The highest BCUT2D eigenvalue weighted by atomic mass is 16.5. The molecule has 2 aliphatic rings. The average molecular weight is 357 g/mol. The van der Waals surface area contributed by atoms with Crippen LogP contribution in [0.5, 0.6) is 11.5 Å². The first-order valence-corrected chi connectivity index (χ1v) is 8.58. The molecule has 3 rings (SSSR count). The summed E-state index contributed by atoms with van der Waals surface area (Å²) in [5, 5.41) is 10.4. The van der Waals surface area contributed by atoms with Crippen molar-refractivity contribution < 1.29 is 24.1 Å². The molecule has 0 radical (unpaired) electrons. The number of esters is 1. The van der Waals surface area contributed by atoms with E-state index >= 15 is 0 Å². The van der Waals surface area contributed by atoms with Crippen LogP contribution in [0, 0.1) is 5.41 Å². The third-order valence-electron chi connectivity index (χ3n) is 4.12. The highest BCUT2D eigenvalue weighted by molar-refractivity contribution is 6.22. The van der Waals surface area contributed by atoms with Crippen molar-refractivity contribution in [1.82, 2.24) is 0 Å². The third-order valence-corrected chi connectivity index (χ3v) is 4.12. The van der Waals surface area contributed by atoms with Gasteiger partial charge in [-0.2, -0.15) is 0 Å². The van der Waals surface area contributed by atoms with Crippen LogP contribution < -0.4 is 9.47 Å². The van der Waals surface area contributed by atoms with Gasteiger partial charge < -0.3 is 19.3 Å². The van der Waals surface area contributed by atoms with Gasteiger partial charge in [0.05, 0.1) is 25.5 Å². The quantitative estimate of drug-likeness (QED) is 0.835. The van der Waals surface area contributed by atoms with Crippen LogP contribution in [0.25, 0.3) is 6.08 Å². The standard InChI is InChI=1S/C20H23NO5/c1-5-24-19(23)17-12(2)21-14(18(17)22)8-13-6-7-15-16(9-13)26-11-20(3,4)10-25-15/h6-9,22H,5,10-11H2,1-4H3/b14-8+. The molecule has 2 aliphatic heterocycles. The molecule has 0 amide bonds. The Hall–Kier alpha value is -2.76. The van der Waals surface area contributed by atoms with E-state index in [9.17, 15) is 9.90 Å². The van der Waals surface area contributed by atoms with E-state index in [4.69, 9.17) is 14.2 Å². The summed E-state index contributed by atoms with van der Waals surface area (Å²) >= 11 is 0. The fourth-order valence-electron chi connectivity index (χ4n) is 2.73. The van der Waals surface area contributed by atoms with E-state index in [-0.39, 0.29) is 23.4 Å². The summed E-state index contributed by atoms with van der Waals surface area (Å²) < 4.78 is 16.7. The Morgan fingerprint density at radius 3 is 2.69 bits per heavy atom. The lowest BCUT2D eigenvalue weighted by Gasteiger charge is -2.19. The number of ether oxygens (including phenoxy) is 3. The van der Waals surface area contributed by atoms with Crippen molar-refractivity contribution in [2.75, 3.05) is 19.8 Å². The topological polar surface area (TPSA) is 77.4 Å². The minimum absolute atomic E-state index is 0.0694. The Morgan fingerprint density at radius 2 is 2.00 bits per heavy atom. The van der Waals surface area contributed by atoms with Crippen molar-refractivity contribution in [2.24, 2.45) is 10.4 Å². The highest BCUT2D eigenvalue weighted by Crippen LogP contribution is 2.35. The van der Waals surface area contributed by atoms with Crippen LogP contribution in [0.15, 0.2) is 40.2 Å². The van der Waals surface area contributed by atoms with Crippen LogP contribution in [-0.2, 0) is 9.53 Å². The molecule has 0 unspecified atom stereocenters. The van der Waals surface area contributed by atoms with Crippen molar-refractivity contribution in [3.8, 4) is 11.5 Å². The number of nitrogens with zero attached hydrogens (tertiary/aromatic N) is 1. The molecule has 0 fully saturated rings. The van der Waals surface area contributed by atoms with E-state index in [1.54, 1.807) is 19.9 Å². The molecule has 0 atom stereocenters. The number of aliphatic imine (C=N–C) groups is 1. The van der Waals surface area contributed by atoms with Crippen molar-refractivity contribution in [2.45, 2.75) is 27.7 Å². The van der Waals surface area contributed by atoms with Crippen molar-refractivity contribution in [3.05, 3.63) is 40.8 Å². The normalized spacial score (nSPS) is 20.0. The number of fused-ring (bicyclic) bond motifs is 1. The summed E-state index contributed by atoms with van der Waals surface area (Å²) in [7, 11) is 0. The maximum absolute atomic E-state index is 12.0. The van der Waals surface area contributed by atoms with Gasteiger partial charge in [0, 0.05) is 5.41 Å². The molecule has 6 heteroatoms. The summed E-state index contributed by atoms with van der Waals surface area (Å²) in [6.07, 6.45) is 1.70. The zero-order valence-corrected chi connectivity index (χ0v) is 15.5. The van der Waals surface area contributed by atoms with Gasteiger partial charge in [-0.1, -0.05) is 19.9 Å². The average Bonchev–Trinajstić information content (AvgIpc) is 2.76. The molecule has 1 aromatic carbocycles. The summed E-state index contributed by atoms with van der Waals surface area (Å²) in [5.41, 5.74) is 1.58. The number of carbonyl (C=O) groups is 1. The Morgan fingerprint density at radius 1 is 1.31 bits per heavy atom. The van der Waals surface area contributed by atoms with Gasteiger partial charge >= 0.3 is 5.97 Å². The molecule has 0 saturated carbocycles. The second-order valence-electron chi connectivity index (χ2n) is 7.12. The summed E-state index contributed by atoms with van der Waals surface area (Å²) in [4.78, 5) is 16.3. The number of aliphatic hydroxyl groups excluding tert-OH is 1. The van der Waals surface area contributed by atoms with Gasteiger partial charge in [-0.05, 0) is 37.6 Å². The molecule has 26 heavy (non-hydrogen) atoms. The fraction of sp³-hybridized carbons (Fsp3) is 0.400. The van der Waals surface area contributed by atoms with Gasteiger partial charge in [0.2, 0.25) is 0 Å². The Balaban J connectivity index is 1.90. The molecule has 1 aromatic rings. The lowest BCUT2D eigenvalue weighted by molar-refractivity contribution is -0.138. The first kappa shape index (κ1) is 18.0. The Kier molecular flexibility index (Phi) is 4.76. The SMILES string of the molecule is CCOC(=O)C1=C(O)/C(=C\c2ccc3c(c2)OCC(C)(C)CO3)N=C1C. The minimum Gasteiger partial charge on any atom is -0.505 e. The zero-order valence-electron chi connectivity index (χ0n) is 15.5. The molecular weight excluding hydrogens is 334 g/mol. The van der Waals surface area contributed by atoms with Crippen molar-refractivity contribution >= 4 is 17.8 Å². The van der Waals surface area contributed by atoms with E-state index in [1.807, 2.05) is 18.2 Å². The summed E-state index contributed by atoms with van der Waals surface area (Å²) in [6.45, 7) is 8.91. The molecule has 0 bridgehead atoms. The van der Waals surface area contributed by atoms with Crippen molar-refractivity contribution in [1.29, 1.82) is 0 Å². The van der Waals surface area contributed by atoms with E-state index in [0.717, 1.165) is 5.56 Å². The Bertz CT molecular complexity index is 833. The van der Waals surface area contributed by atoms with Crippen LogP contribution in [0.4, 0.5) is 0 Å². The molecule has 0 aromatic heterocycles. The number of rotatable bonds is 3. The van der Waals surface area contributed by atoms with Gasteiger partial charge in [-0.3, -0.25) is 0 Å². The lowest BCUT2D eigenvalue weighted by Crippen LogP contribution is -2.26. The minimum atomic E-state index is -0.574. The largest absolute Gasteiger partial charge is 0.505 e. The van der Waals surface area contributed by atoms with Gasteiger partial charge in [-0.15, -0.1) is 0 Å². The monoisotopic (exact) mass is 357 g/mol. The molecule has 1 N–H and O–H groups in total. The summed E-state index contributed by atoms with van der Waals surface area (Å²) in [5.74, 6) is 0.596. The molecular formula is C20H23NO5. The number of carbonyl (C=O) groups excluding carboxylic acids is 1. The molecule has 138 valence electrons. The fourth-order valence-corrected chi connectivity index (χ4v) is 2.73. The predicted molar refractivity (Wildman–Crippen MR) is 98.6 cm³/mol. The van der Waals surface area contributed by atoms with Crippen LogP contribution in [-0.4, -0.2) is 36.6 Å². The molecule has 0 saturated heterocycles. The first-order valence-electron chi connectivity index (χ1n) is 8.58. The van der Waals surface area contributed by atoms with E-state index < -0.39 is 5.97 Å². The maximum Gasteiger partial charge on any atom is 0.343 e. The summed E-state index contributed by atoms with van der Waals surface area (Å²) in [6, 6.07) is 5.53. The van der Waals surface area contributed by atoms with Crippen LogP contribution in [0.1, 0.15) is 33.3 Å². The molecule has 0 spiro atoms. The second kappa shape index (κ2) is 6.86. The van der Waals surface area contributed by atoms with Crippen LogP contribution in [0.2, 0.25) is 0 Å². The maximum atomic E-state index is 12.0. The Labute approximate surface area is 152 Å². The van der Waals surface area contributed by atoms with Crippen LogP contribution in [0.3, 0.4) is 0 Å². The van der Waals surface area contributed by atoms with Gasteiger partial charge in [0.25, 0.3) is 0 Å². The zero-order chi connectivity index (χ0) is 18.9. The van der Waals surface area contributed by atoms with E-state index in [1.165, 1.54) is 0 Å². The molecule has 0 aliphatic carbocycles. The number of aliphatic hydroxyl groups is 1. The smallest absolute Gasteiger partial charge is 0.343 e. The van der Waals surface area contributed by atoms with E-state index in [2.05, 4.69) is 18.8 Å². The lowest BCUT2D eigenvalue weighted by atomic mass is 9.97. The third kappa shape index (κ3) is 3.59. The molecule has 2 heterocycles. The van der Waals surface area contributed by atoms with E-state index in [0.29, 0.717) is 36.1 Å². The van der Waals surface area contributed by atoms with Crippen LogP contribution >= 0.6 is 0 Å². The predicted octanol–water partition coefficient (Wildman–Crippen LogP) is 3.67. The highest BCUT2D eigenvalue weighted by Gasteiger charge is 2.28. The molecule has 6 nitrogen and oxygen atoms in total. The van der Waals surface area contributed by atoms with Crippen molar-refractivity contribution in [3.63, 3.8) is 0 Å². The number of benzene rings is 1. The first-order chi connectivity index (χ1) is 12.3. The number of hydrogen-bond acceptors (Lipinski definition) is 6. The second-order valence-corrected chi connectivity index (χ2v) is 7.12. The van der Waals surface area contributed by atoms with Gasteiger partial charge in [0.1, 0.15) is 11.3 Å². The van der Waals surface area contributed by atoms with Gasteiger partial charge in [-0.25, -0.2) is 9.79 Å². The van der Waals surface area contributed by atoms with Gasteiger partial charge in [0.15, 0.2) is 17.3 Å².